The topological polar surface area (TPSA) is 667 Å². The van der Waals surface area contributed by atoms with Gasteiger partial charge < -0.3 is 113 Å². The number of unbranched alkanes of at least 4 members (excludes halogenated alkanes) is 1. The van der Waals surface area contributed by atoms with Crippen LogP contribution in [-0.2, 0) is 71.9 Å². The number of aliphatic carboxylic acids is 6. The van der Waals surface area contributed by atoms with Crippen LogP contribution in [0.3, 0.4) is 0 Å². The zero-order chi connectivity index (χ0) is 65.6. The summed E-state index contributed by atoms with van der Waals surface area (Å²) in [5.41, 5.74) is 33.1. The van der Waals surface area contributed by atoms with Crippen molar-refractivity contribution in [1.82, 2.24) is 47.9 Å². The molecule has 9 amide bonds. The molecule has 0 fully saturated rings. The Morgan fingerprint density at radius 2 is 0.686 bits per heavy atom. The molecule has 27 N–H and O–H groups in total. The van der Waals surface area contributed by atoms with Crippen molar-refractivity contribution in [3.63, 3.8) is 0 Å². The summed E-state index contributed by atoms with van der Waals surface area (Å²) >= 11 is 0. The highest BCUT2D eigenvalue weighted by atomic mass is 16.4. The van der Waals surface area contributed by atoms with Gasteiger partial charge in [-0.25, -0.2) is 4.79 Å². The highest BCUT2D eigenvalue weighted by Gasteiger charge is 2.34. The van der Waals surface area contributed by atoms with Crippen LogP contribution in [0.15, 0.2) is 9.98 Å². The number of hydrogen-bond donors (Lipinski definition) is 21. The molecule has 0 rings (SSSR count). The van der Waals surface area contributed by atoms with Crippen molar-refractivity contribution in [1.29, 1.82) is 0 Å². The molecule has 0 radical (unpaired) electrons. The summed E-state index contributed by atoms with van der Waals surface area (Å²) in [6.07, 6.45) is -6.30. The van der Waals surface area contributed by atoms with Gasteiger partial charge in [0.05, 0.1) is 12.6 Å². The van der Waals surface area contributed by atoms with Gasteiger partial charge in [0.2, 0.25) is 53.2 Å². The van der Waals surface area contributed by atoms with Crippen LogP contribution in [0.1, 0.15) is 116 Å². The molecule has 0 aliphatic carbocycles. The Labute approximate surface area is 491 Å². The van der Waals surface area contributed by atoms with Crippen molar-refractivity contribution in [2.45, 2.75) is 170 Å². The quantitative estimate of drug-likeness (QED) is 0.0153. The van der Waals surface area contributed by atoms with Gasteiger partial charge in [0.25, 0.3) is 0 Å². The molecule has 0 aliphatic rings. The number of carboxylic acid groups (broad SMARTS) is 6. The third-order valence-corrected chi connectivity index (χ3v) is 12.0. The summed E-state index contributed by atoms with van der Waals surface area (Å²) < 4.78 is 0. The molecular weight excluding hydrogens is 1150 g/mol. The summed E-state index contributed by atoms with van der Waals surface area (Å²) in [5, 5.41) is 76.2. The van der Waals surface area contributed by atoms with Gasteiger partial charge in [-0.2, -0.15) is 0 Å². The second-order valence-electron chi connectivity index (χ2n) is 19.2. The second-order valence-corrected chi connectivity index (χ2v) is 19.2. The van der Waals surface area contributed by atoms with Crippen molar-refractivity contribution < 1.29 is 103 Å². The number of hydrogen-bond acceptors (Lipinski definition) is 19. The molecule has 0 spiro atoms. The molecule has 0 aromatic rings. The number of aliphatic imine (C=N–C) groups is 2. The van der Waals surface area contributed by atoms with Crippen molar-refractivity contribution >= 4 is 101 Å². The number of nitrogens with two attached hydrogens (primary N) is 6. The normalized spacial score (nSPS) is 13.8. The first-order valence-electron chi connectivity index (χ1n) is 26.9. The largest absolute Gasteiger partial charge is 0.481 e. The molecule has 484 valence electrons. The predicted molar refractivity (Wildman–Crippen MR) is 297 cm³/mol. The zero-order valence-electron chi connectivity index (χ0n) is 47.2. The van der Waals surface area contributed by atoms with Gasteiger partial charge in [0.15, 0.2) is 11.9 Å². The minimum Gasteiger partial charge on any atom is -0.481 e. The first kappa shape index (κ1) is 76.5. The molecule has 38 nitrogen and oxygen atoms in total. The summed E-state index contributed by atoms with van der Waals surface area (Å²) in [6.45, 7) is 0.0315. The standard InChI is InChI=1S/C48H81N17O21/c1-23(38(77)65-31(46(85)86)13-18-37(75)76)58-41(80)29(11-16-35(71)72)63-44(83)27(8-5-21-56-48(53)54)61-42(81)25(7-4-20-55-47(51)52)59-32(66)22-57-40(79)28(10-15-34(69)70)62-45(84)30(12-17-36(73)74)64-43(82)26(6-2-3-19-49)60-39(78)24(50)9-14-33(67)68/h23-31H,2-22,49-50H2,1H3,(H,57,79)(H,58,80)(H,59,66)(H,60,78)(H,61,81)(H,62,84)(H,63,83)(H,64,82)(H,65,77)(H,67,68)(H,69,70)(H,71,72)(H,73,74)(H,75,76)(H,85,86)(H4,51,52,55)(H4,53,54,56)/t23-,24-,25-,26-,27-,28-,29-,30-,31-/m0/s1. The number of nitrogens with zero attached hydrogens (tertiary/aromatic N) is 2. The molecule has 0 aromatic heterocycles. The van der Waals surface area contributed by atoms with E-state index in [2.05, 4.69) is 57.8 Å². The van der Waals surface area contributed by atoms with E-state index in [1.807, 2.05) is 0 Å². The van der Waals surface area contributed by atoms with Crippen LogP contribution in [0.5, 0.6) is 0 Å². The number of carbonyl (C=O) groups is 15. The van der Waals surface area contributed by atoms with Crippen LogP contribution in [0.2, 0.25) is 0 Å². The van der Waals surface area contributed by atoms with E-state index >= 15 is 0 Å². The third-order valence-electron chi connectivity index (χ3n) is 12.0. The molecule has 9 atom stereocenters. The summed E-state index contributed by atoms with van der Waals surface area (Å²) in [4.78, 5) is 198. The molecule has 0 unspecified atom stereocenters. The van der Waals surface area contributed by atoms with Crippen LogP contribution >= 0.6 is 0 Å². The van der Waals surface area contributed by atoms with Crippen molar-refractivity contribution in [2.75, 3.05) is 26.2 Å². The van der Waals surface area contributed by atoms with E-state index in [0.29, 0.717) is 6.42 Å². The fourth-order valence-electron chi connectivity index (χ4n) is 7.43. The van der Waals surface area contributed by atoms with E-state index in [1.54, 1.807) is 0 Å². The summed E-state index contributed by atoms with van der Waals surface area (Å²) in [7, 11) is 0. The Bertz CT molecular complexity index is 2440. The Balaban J connectivity index is 6.80. The SMILES string of the molecule is C[C@H](NC(=O)[C@H](CCC(=O)O)NC(=O)[C@H](CCCN=C(N)N)NC(=O)[C@H](CCCN=C(N)N)NC(=O)CNC(=O)[C@H](CCC(=O)O)NC(=O)[C@H](CCC(=O)O)NC(=O)[C@H](CCCCN)NC(=O)[C@@H](N)CCC(=O)O)C(=O)N[C@@H](CCC(=O)O)C(=O)O. The molecule has 38 heteroatoms. The molecule has 0 saturated heterocycles. The maximum Gasteiger partial charge on any atom is 0.326 e. The minimum atomic E-state index is -1.80. The summed E-state index contributed by atoms with van der Waals surface area (Å²) in [5.74, 6) is -19.2. The lowest BCUT2D eigenvalue weighted by Gasteiger charge is -2.26. The number of nitrogens with one attached hydrogen (secondary N) is 9. The van der Waals surface area contributed by atoms with E-state index < -0.39 is 208 Å². The lowest BCUT2D eigenvalue weighted by molar-refractivity contribution is -0.143. The molecular formula is C48H81N17O21. The zero-order valence-corrected chi connectivity index (χ0v) is 47.2. The molecule has 0 saturated carbocycles. The first-order chi connectivity index (χ1) is 40.3. The van der Waals surface area contributed by atoms with E-state index in [0.717, 1.165) is 6.92 Å². The molecule has 0 aromatic carbocycles. The monoisotopic (exact) mass is 1230 g/mol. The number of carboxylic acids is 6. The number of guanidine groups is 2. The molecule has 0 heterocycles. The van der Waals surface area contributed by atoms with Crippen LogP contribution in [0, 0.1) is 0 Å². The van der Waals surface area contributed by atoms with Crippen molar-refractivity contribution in [3.05, 3.63) is 0 Å². The molecule has 0 bridgehead atoms. The lowest BCUT2D eigenvalue weighted by Crippen LogP contribution is -2.59. The van der Waals surface area contributed by atoms with E-state index in [1.165, 1.54) is 0 Å². The van der Waals surface area contributed by atoms with Crippen molar-refractivity contribution in [3.8, 4) is 0 Å². The van der Waals surface area contributed by atoms with Gasteiger partial charge in [0.1, 0.15) is 48.3 Å². The molecule has 0 aliphatic heterocycles. The minimum absolute atomic E-state index is 0.0377. The Kier molecular flexibility index (Phi) is 36.9. The number of amides is 9. The van der Waals surface area contributed by atoms with Gasteiger partial charge in [-0.1, -0.05) is 0 Å². The average molecular weight is 1230 g/mol. The van der Waals surface area contributed by atoms with Crippen molar-refractivity contribution in [2.24, 2.45) is 44.4 Å². The van der Waals surface area contributed by atoms with Gasteiger partial charge in [0, 0.05) is 45.2 Å². The van der Waals surface area contributed by atoms with Crippen LogP contribution < -0.4 is 82.3 Å². The van der Waals surface area contributed by atoms with Gasteiger partial charge >= 0.3 is 35.8 Å². The number of rotatable bonds is 46. The highest BCUT2D eigenvalue weighted by molar-refractivity contribution is 5.98. The van der Waals surface area contributed by atoms with Gasteiger partial charge in [-0.05, 0) is 90.5 Å². The van der Waals surface area contributed by atoms with E-state index in [-0.39, 0.29) is 76.5 Å². The predicted octanol–water partition coefficient (Wildman–Crippen LogP) is -8.03. The third kappa shape index (κ3) is 34.8. The first-order valence-corrected chi connectivity index (χ1v) is 26.9. The van der Waals surface area contributed by atoms with Crippen LogP contribution in [0.4, 0.5) is 0 Å². The fourth-order valence-corrected chi connectivity index (χ4v) is 7.43. The van der Waals surface area contributed by atoms with E-state index in [4.69, 9.17) is 44.6 Å². The average Bonchev–Trinajstić information content (AvgIpc) is 3.56. The summed E-state index contributed by atoms with van der Waals surface area (Å²) in [6, 6.07) is -14.6. The van der Waals surface area contributed by atoms with Gasteiger partial charge in [-0.15, -0.1) is 0 Å². The lowest BCUT2D eigenvalue weighted by atomic mass is 10.0. The van der Waals surface area contributed by atoms with Gasteiger partial charge in [-0.3, -0.25) is 77.1 Å². The molecule has 86 heavy (non-hydrogen) atoms. The number of carbonyl (C=O) groups excluding carboxylic acids is 9. The van der Waals surface area contributed by atoms with E-state index in [9.17, 15) is 92.3 Å². The maximum absolute atomic E-state index is 14.1. The Hall–Kier alpha value is -9.49. The second kappa shape index (κ2) is 41.5. The highest BCUT2D eigenvalue weighted by Crippen LogP contribution is 2.10. The Morgan fingerprint density at radius 3 is 1.06 bits per heavy atom. The smallest absolute Gasteiger partial charge is 0.326 e. The fraction of sp³-hybridized carbons (Fsp3) is 0.646. The van der Waals surface area contributed by atoms with Crippen LogP contribution in [-0.4, -0.2) is 212 Å². The Morgan fingerprint density at radius 1 is 0.372 bits per heavy atom. The van der Waals surface area contributed by atoms with Crippen LogP contribution in [0.25, 0.3) is 0 Å². The maximum atomic E-state index is 14.1.